The van der Waals surface area contributed by atoms with Crippen LogP contribution in [0.25, 0.3) is 22.1 Å². The van der Waals surface area contributed by atoms with Gasteiger partial charge in [-0.3, -0.25) is 19.1 Å². The summed E-state index contributed by atoms with van der Waals surface area (Å²) in [5, 5.41) is 6.60. The number of aryl methyl sites for hydroxylation is 1. The van der Waals surface area contributed by atoms with E-state index in [1.165, 1.54) is 4.90 Å². The monoisotopic (exact) mass is 816 g/mol. The molecule has 4 amide bonds. The predicted octanol–water partition coefficient (Wildman–Crippen LogP) is 5.34. The van der Waals surface area contributed by atoms with E-state index in [0.717, 1.165) is 62.3 Å². The molecule has 3 aromatic rings. The van der Waals surface area contributed by atoms with Crippen LogP contribution in [0.3, 0.4) is 0 Å². The minimum Gasteiger partial charge on any atom is -0.470 e. The topological polar surface area (TPSA) is 199 Å². The largest absolute Gasteiger partial charge is 0.470 e. The number of aromatic nitrogens is 2. The number of furan rings is 1. The number of ether oxygens (including phenoxy) is 2. The molecule has 1 aromatic carbocycles. The first-order chi connectivity index (χ1) is 27.8. The van der Waals surface area contributed by atoms with Gasteiger partial charge in [0.05, 0.1) is 11.3 Å². The van der Waals surface area contributed by atoms with Crippen LogP contribution in [0, 0.1) is 12.8 Å². The SMILES string of the molecule is Cc1ccc2oc3c(O[C@@H]4C[C@H]5C(=O)N[C@]6(C(=O)NS(=O)(=O)C7(C)CC7)C[C@H]6/C=C\CCCCC[C@H](NC(=O)OC6CCCC6)C(=O)N5C4)nc(C4CC4)nc3c2c1. The number of alkyl carbamates (subject to hydrolysis) is 1. The number of hydrogen-bond donors (Lipinski definition) is 3. The number of allylic oxidation sites excluding steroid dienone is 1. The van der Waals surface area contributed by atoms with E-state index in [0.29, 0.717) is 54.6 Å². The number of nitrogens with one attached hydrogen (secondary N) is 3. The zero-order valence-corrected chi connectivity index (χ0v) is 33.9. The van der Waals surface area contributed by atoms with E-state index in [1.807, 2.05) is 37.3 Å². The molecule has 58 heavy (non-hydrogen) atoms. The summed E-state index contributed by atoms with van der Waals surface area (Å²) >= 11 is 0. The van der Waals surface area contributed by atoms with Crippen LogP contribution in [0.15, 0.2) is 34.8 Å². The van der Waals surface area contributed by atoms with Crippen LogP contribution in [0.5, 0.6) is 5.88 Å². The van der Waals surface area contributed by atoms with E-state index >= 15 is 0 Å². The molecule has 9 rings (SSSR count). The molecule has 0 bridgehead atoms. The quantitative estimate of drug-likeness (QED) is 0.248. The molecular formula is C42H52N6O9S. The van der Waals surface area contributed by atoms with Crippen LogP contribution in [-0.2, 0) is 29.1 Å². The molecule has 16 heteroatoms. The van der Waals surface area contributed by atoms with Crippen LogP contribution in [0.2, 0.25) is 0 Å². The van der Waals surface area contributed by atoms with Gasteiger partial charge in [0.2, 0.25) is 27.4 Å². The number of benzene rings is 1. The standard InChI is InChI=1S/C42H52N6O9S/c1-24-14-17-32-29(20-24)33-34(57-32)37(45-35(44-33)25-15-16-25)55-28-21-31-36(49)46-42(39(51)47-58(53,54)41(2)18-19-41)22-26(42)10-6-4-3-5-7-13-30(38(50)48(31)23-28)43-40(52)56-27-11-8-9-12-27/h6,10,14,17,20,25-28,30-31H,3-5,7-9,11-13,15-16,18-19,21-23H2,1-2H3,(H,43,52)(H,46,49)(H,47,51)/b10-6-/t26-,28-,30+,31+,42-/m1/s1. The highest BCUT2D eigenvalue weighted by Gasteiger charge is 2.63. The fraction of sp³-hybridized carbons (Fsp3) is 0.619. The van der Waals surface area contributed by atoms with Crippen molar-refractivity contribution in [3.8, 4) is 5.88 Å². The molecule has 4 aliphatic carbocycles. The van der Waals surface area contributed by atoms with E-state index in [-0.39, 0.29) is 37.3 Å². The summed E-state index contributed by atoms with van der Waals surface area (Å²) in [6, 6.07) is 3.75. The average molecular weight is 817 g/mol. The Labute approximate surface area is 337 Å². The van der Waals surface area contributed by atoms with Gasteiger partial charge in [0.1, 0.15) is 46.8 Å². The molecule has 4 saturated carbocycles. The highest BCUT2D eigenvalue weighted by molar-refractivity contribution is 7.91. The van der Waals surface area contributed by atoms with Crippen LogP contribution >= 0.6 is 0 Å². The Bertz CT molecular complexity index is 2300. The van der Waals surface area contributed by atoms with Crippen molar-refractivity contribution in [1.29, 1.82) is 0 Å². The Kier molecular flexibility index (Phi) is 9.91. The maximum absolute atomic E-state index is 14.7. The molecular weight excluding hydrogens is 765 g/mol. The summed E-state index contributed by atoms with van der Waals surface area (Å²) < 4.78 is 46.3. The Hall–Kier alpha value is -4.73. The molecule has 0 radical (unpaired) electrons. The number of sulfonamides is 1. The summed E-state index contributed by atoms with van der Waals surface area (Å²) in [7, 11) is -4.00. The predicted molar refractivity (Wildman–Crippen MR) is 212 cm³/mol. The second-order valence-corrected chi connectivity index (χ2v) is 19.8. The lowest BCUT2D eigenvalue weighted by Crippen LogP contribution is -2.58. The van der Waals surface area contributed by atoms with Gasteiger partial charge in [-0.1, -0.05) is 36.6 Å². The van der Waals surface area contributed by atoms with Crippen molar-refractivity contribution in [3.05, 3.63) is 41.7 Å². The van der Waals surface area contributed by atoms with Crippen molar-refractivity contribution in [1.82, 2.24) is 30.2 Å². The van der Waals surface area contributed by atoms with Gasteiger partial charge in [-0.15, -0.1) is 0 Å². The molecule has 3 N–H and O–H groups in total. The summed E-state index contributed by atoms with van der Waals surface area (Å²) in [5.41, 5.74) is 1.16. The number of amides is 4. The number of rotatable bonds is 8. The third-order valence-electron chi connectivity index (χ3n) is 13.0. The van der Waals surface area contributed by atoms with E-state index in [9.17, 15) is 27.6 Å². The van der Waals surface area contributed by atoms with Gasteiger partial charge in [-0.05, 0) is 103 Å². The van der Waals surface area contributed by atoms with Crippen LogP contribution < -0.4 is 20.1 Å². The highest BCUT2D eigenvalue weighted by atomic mass is 32.2. The summed E-state index contributed by atoms with van der Waals surface area (Å²) in [4.78, 5) is 67.6. The van der Waals surface area contributed by atoms with Crippen LogP contribution in [0.1, 0.15) is 121 Å². The van der Waals surface area contributed by atoms with Gasteiger partial charge in [0, 0.05) is 23.6 Å². The molecule has 5 atom stereocenters. The molecule has 0 unspecified atom stereocenters. The maximum Gasteiger partial charge on any atom is 0.408 e. The van der Waals surface area contributed by atoms with E-state index in [4.69, 9.17) is 23.9 Å². The van der Waals surface area contributed by atoms with Crippen molar-refractivity contribution in [3.63, 3.8) is 0 Å². The van der Waals surface area contributed by atoms with Gasteiger partial charge in [0.15, 0.2) is 0 Å². The molecule has 0 spiro atoms. The van der Waals surface area contributed by atoms with Crippen molar-refractivity contribution in [2.75, 3.05) is 6.54 Å². The Morgan fingerprint density at radius 3 is 2.53 bits per heavy atom. The van der Waals surface area contributed by atoms with Crippen LogP contribution in [-0.4, -0.2) is 88.2 Å². The molecule has 2 aliphatic heterocycles. The van der Waals surface area contributed by atoms with Crippen molar-refractivity contribution >= 4 is 55.9 Å². The summed E-state index contributed by atoms with van der Waals surface area (Å²) in [6.45, 7) is 3.57. The zero-order valence-electron chi connectivity index (χ0n) is 33.1. The van der Waals surface area contributed by atoms with Crippen molar-refractivity contribution in [2.24, 2.45) is 5.92 Å². The fourth-order valence-corrected chi connectivity index (χ4v) is 10.1. The van der Waals surface area contributed by atoms with Crippen LogP contribution in [0.4, 0.5) is 4.79 Å². The third-order valence-corrected chi connectivity index (χ3v) is 15.2. The van der Waals surface area contributed by atoms with E-state index in [1.54, 1.807) is 6.92 Å². The molecule has 2 aromatic heterocycles. The Balaban J connectivity index is 1.04. The number of fused-ring (bicyclic) bond motifs is 5. The first kappa shape index (κ1) is 38.8. The molecule has 15 nitrogen and oxygen atoms in total. The third kappa shape index (κ3) is 7.52. The van der Waals surface area contributed by atoms with E-state index in [2.05, 4.69) is 15.4 Å². The maximum atomic E-state index is 14.7. The molecule has 4 heterocycles. The first-order valence-corrected chi connectivity index (χ1v) is 22.5. The number of hydrogen-bond acceptors (Lipinski definition) is 11. The van der Waals surface area contributed by atoms with Gasteiger partial charge in [-0.25, -0.2) is 18.2 Å². The average Bonchev–Trinajstić information content (AvgIpc) is 4.14. The first-order valence-electron chi connectivity index (χ1n) is 21.0. The molecule has 1 saturated heterocycles. The van der Waals surface area contributed by atoms with Crippen molar-refractivity contribution < 1.29 is 41.5 Å². The number of carbonyl (C=O) groups is 4. The lowest BCUT2D eigenvalue weighted by Gasteiger charge is -2.30. The van der Waals surface area contributed by atoms with Crippen molar-refractivity contribution in [2.45, 2.75) is 151 Å². The summed E-state index contributed by atoms with van der Waals surface area (Å²) in [6.07, 6.45) is 12.0. The molecule has 6 aliphatic rings. The molecule has 5 fully saturated rings. The number of carbonyl (C=O) groups excluding carboxylic acids is 4. The highest BCUT2D eigenvalue weighted by Crippen LogP contribution is 2.48. The molecule has 310 valence electrons. The van der Waals surface area contributed by atoms with Gasteiger partial charge in [0.25, 0.3) is 11.8 Å². The lowest BCUT2D eigenvalue weighted by atomic mass is 10.0. The normalized spacial score (nSPS) is 29.4. The van der Waals surface area contributed by atoms with Gasteiger partial charge < -0.3 is 29.4 Å². The fourth-order valence-electron chi connectivity index (χ4n) is 8.79. The second kappa shape index (κ2) is 14.8. The second-order valence-electron chi connectivity index (χ2n) is 17.7. The Morgan fingerprint density at radius 1 is 1.00 bits per heavy atom. The van der Waals surface area contributed by atoms with E-state index < -0.39 is 68.2 Å². The number of nitrogens with zero attached hydrogens (tertiary/aromatic N) is 3. The Morgan fingerprint density at radius 2 is 1.78 bits per heavy atom. The minimum absolute atomic E-state index is 0.0222. The smallest absolute Gasteiger partial charge is 0.408 e. The summed E-state index contributed by atoms with van der Waals surface area (Å²) in [5.74, 6) is -1.25. The lowest BCUT2D eigenvalue weighted by molar-refractivity contribution is -0.141. The zero-order chi connectivity index (χ0) is 40.4. The van der Waals surface area contributed by atoms with Gasteiger partial charge in [-0.2, -0.15) is 4.98 Å². The van der Waals surface area contributed by atoms with Gasteiger partial charge >= 0.3 is 6.09 Å². The minimum atomic E-state index is -4.00.